The van der Waals surface area contributed by atoms with E-state index in [1.54, 1.807) is 25.1 Å². The van der Waals surface area contributed by atoms with Crippen LogP contribution in [0, 0.1) is 12.7 Å². The van der Waals surface area contributed by atoms with Crippen LogP contribution in [0.4, 0.5) is 4.39 Å². The van der Waals surface area contributed by atoms with Gasteiger partial charge in [-0.1, -0.05) is 18.6 Å². The highest BCUT2D eigenvalue weighted by molar-refractivity contribution is 5.92. The summed E-state index contributed by atoms with van der Waals surface area (Å²) in [5.74, 6) is -0.989. The van der Waals surface area contributed by atoms with E-state index in [4.69, 9.17) is 0 Å². The number of nitrogens with one attached hydrogen (secondary N) is 1. The fourth-order valence-electron chi connectivity index (χ4n) is 3.79. The van der Waals surface area contributed by atoms with Crippen molar-refractivity contribution in [3.8, 4) is 5.69 Å². The van der Waals surface area contributed by atoms with Crippen molar-refractivity contribution >= 4 is 5.91 Å². The van der Waals surface area contributed by atoms with Crippen LogP contribution in [0.2, 0.25) is 0 Å². The standard InChI is InChI=1S/C22H29FN4O2/c1-16-9-5-7-13-26(16)14-8-6-12-24-22(29)21-20(28)15-17(2)27(25-21)19-11-4-3-10-18(19)23/h3-4,10-11,15-16H,5-9,12-14H2,1-2H3,(H,24,29). The zero-order valence-electron chi connectivity index (χ0n) is 17.2. The molecule has 1 aliphatic heterocycles. The van der Waals surface area contributed by atoms with Gasteiger partial charge in [-0.25, -0.2) is 9.07 Å². The van der Waals surface area contributed by atoms with Gasteiger partial charge in [0.2, 0.25) is 5.43 Å². The molecule has 2 aromatic rings. The highest BCUT2D eigenvalue weighted by Gasteiger charge is 2.18. The minimum absolute atomic E-state index is 0.203. The van der Waals surface area contributed by atoms with Gasteiger partial charge in [0, 0.05) is 24.3 Å². The quantitative estimate of drug-likeness (QED) is 0.726. The van der Waals surface area contributed by atoms with E-state index in [9.17, 15) is 14.0 Å². The van der Waals surface area contributed by atoms with Gasteiger partial charge in [-0.15, -0.1) is 0 Å². The molecule has 2 heterocycles. The number of hydrogen-bond donors (Lipinski definition) is 1. The maximum atomic E-state index is 14.1. The smallest absolute Gasteiger partial charge is 0.275 e. The summed E-state index contributed by atoms with van der Waals surface area (Å²) in [6.45, 7) is 6.58. The van der Waals surface area contributed by atoms with E-state index in [1.165, 1.54) is 36.1 Å². The summed E-state index contributed by atoms with van der Waals surface area (Å²) in [5.41, 5.74) is -0.0137. The monoisotopic (exact) mass is 400 g/mol. The Labute approximate surface area is 170 Å². The third-order valence-corrected chi connectivity index (χ3v) is 5.50. The average Bonchev–Trinajstić information content (AvgIpc) is 2.70. The van der Waals surface area contributed by atoms with Crippen LogP contribution in [0.3, 0.4) is 0 Å². The molecule has 1 unspecified atom stereocenters. The fraction of sp³-hybridized carbons (Fsp3) is 0.500. The van der Waals surface area contributed by atoms with E-state index in [2.05, 4.69) is 22.2 Å². The maximum Gasteiger partial charge on any atom is 0.275 e. The summed E-state index contributed by atoms with van der Waals surface area (Å²) in [4.78, 5) is 27.2. The molecule has 1 aliphatic rings. The number of carbonyl (C=O) groups excluding carboxylic acids is 1. The van der Waals surface area contributed by atoms with Crippen LogP contribution in [0.15, 0.2) is 35.1 Å². The summed E-state index contributed by atoms with van der Waals surface area (Å²) < 4.78 is 15.4. The summed E-state index contributed by atoms with van der Waals surface area (Å²) >= 11 is 0. The van der Waals surface area contributed by atoms with Crippen molar-refractivity contribution in [1.29, 1.82) is 0 Å². The number of nitrogens with zero attached hydrogens (tertiary/aromatic N) is 3. The molecular formula is C22H29FN4O2. The largest absolute Gasteiger partial charge is 0.351 e. The number of aromatic nitrogens is 2. The van der Waals surface area contributed by atoms with E-state index in [1.807, 2.05) is 0 Å². The first kappa shape index (κ1) is 21.2. The Morgan fingerprint density at radius 1 is 1.28 bits per heavy atom. The number of aryl methyl sites for hydroxylation is 1. The Kier molecular flexibility index (Phi) is 7.14. The van der Waals surface area contributed by atoms with Crippen LogP contribution in [-0.2, 0) is 0 Å². The first-order chi connectivity index (χ1) is 14.0. The van der Waals surface area contributed by atoms with Gasteiger partial charge in [-0.05, 0) is 64.8 Å². The Balaban J connectivity index is 1.58. The van der Waals surface area contributed by atoms with Crippen molar-refractivity contribution < 1.29 is 9.18 Å². The van der Waals surface area contributed by atoms with Crippen molar-refractivity contribution in [3.63, 3.8) is 0 Å². The Hall–Kier alpha value is -2.54. The van der Waals surface area contributed by atoms with Gasteiger partial charge in [0.15, 0.2) is 5.69 Å². The number of likely N-dealkylation sites (tertiary alicyclic amines) is 1. The van der Waals surface area contributed by atoms with Gasteiger partial charge in [-0.2, -0.15) is 5.10 Å². The van der Waals surface area contributed by atoms with E-state index < -0.39 is 17.2 Å². The van der Waals surface area contributed by atoms with Gasteiger partial charge < -0.3 is 10.2 Å². The van der Waals surface area contributed by atoms with Crippen LogP contribution < -0.4 is 10.7 Å². The van der Waals surface area contributed by atoms with Gasteiger partial charge >= 0.3 is 0 Å². The lowest BCUT2D eigenvalue weighted by molar-refractivity contribution is 0.0943. The predicted molar refractivity (Wildman–Crippen MR) is 111 cm³/mol. The molecule has 29 heavy (non-hydrogen) atoms. The van der Waals surface area contributed by atoms with Crippen LogP contribution in [0.1, 0.15) is 55.2 Å². The van der Waals surface area contributed by atoms with Gasteiger partial charge in [0.25, 0.3) is 5.91 Å². The summed E-state index contributed by atoms with van der Waals surface area (Å²) in [6.07, 6.45) is 5.65. The number of piperidine rings is 1. The topological polar surface area (TPSA) is 67.2 Å². The second-order valence-corrected chi connectivity index (χ2v) is 7.71. The summed E-state index contributed by atoms with van der Waals surface area (Å²) in [6, 6.07) is 8.08. The molecular weight excluding hydrogens is 371 g/mol. The minimum Gasteiger partial charge on any atom is -0.351 e. The average molecular weight is 400 g/mol. The number of hydrogen-bond acceptors (Lipinski definition) is 4. The second kappa shape index (κ2) is 9.78. The molecule has 0 radical (unpaired) electrons. The van der Waals surface area contributed by atoms with E-state index in [0.29, 0.717) is 18.3 Å². The summed E-state index contributed by atoms with van der Waals surface area (Å²) in [5, 5.41) is 6.90. The summed E-state index contributed by atoms with van der Waals surface area (Å²) in [7, 11) is 0. The van der Waals surface area contributed by atoms with E-state index >= 15 is 0 Å². The van der Waals surface area contributed by atoms with E-state index in [-0.39, 0.29) is 11.4 Å². The Bertz CT molecular complexity index is 912. The molecule has 1 N–H and O–H groups in total. The van der Waals surface area contributed by atoms with Gasteiger partial charge in [0.1, 0.15) is 11.5 Å². The molecule has 3 rings (SSSR count). The molecule has 1 aromatic heterocycles. The first-order valence-electron chi connectivity index (χ1n) is 10.4. The normalized spacial score (nSPS) is 17.3. The zero-order chi connectivity index (χ0) is 20.8. The second-order valence-electron chi connectivity index (χ2n) is 7.71. The first-order valence-corrected chi connectivity index (χ1v) is 10.4. The number of para-hydroxylation sites is 1. The Morgan fingerprint density at radius 2 is 2.07 bits per heavy atom. The van der Waals surface area contributed by atoms with Gasteiger partial charge in [-0.3, -0.25) is 9.59 Å². The number of unbranched alkanes of at least 4 members (excludes halogenated alkanes) is 1. The molecule has 0 aliphatic carbocycles. The predicted octanol–water partition coefficient (Wildman–Crippen LogP) is 3.06. The van der Waals surface area contributed by atoms with Crippen LogP contribution in [0.25, 0.3) is 5.69 Å². The third kappa shape index (κ3) is 5.29. The molecule has 1 atom stereocenters. The lowest BCUT2D eigenvalue weighted by atomic mass is 10.0. The highest BCUT2D eigenvalue weighted by Crippen LogP contribution is 2.16. The molecule has 1 fully saturated rings. The highest BCUT2D eigenvalue weighted by atomic mass is 19.1. The van der Waals surface area contributed by atoms with Crippen molar-refractivity contribution in [2.45, 2.75) is 52.0 Å². The van der Waals surface area contributed by atoms with Gasteiger partial charge in [0.05, 0.1) is 0 Å². The van der Waals surface area contributed by atoms with Crippen LogP contribution >= 0.6 is 0 Å². The maximum absolute atomic E-state index is 14.1. The number of carbonyl (C=O) groups is 1. The zero-order valence-corrected chi connectivity index (χ0v) is 17.2. The number of benzene rings is 1. The molecule has 6 nitrogen and oxygen atoms in total. The Morgan fingerprint density at radius 3 is 2.83 bits per heavy atom. The number of halogens is 1. The van der Waals surface area contributed by atoms with Crippen molar-refractivity contribution in [2.75, 3.05) is 19.6 Å². The number of rotatable bonds is 7. The van der Waals surface area contributed by atoms with Crippen molar-refractivity contribution in [2.24, 2.45) is 0 Å². The van der Waals surface area contributed by atoms with Crippen LogP contribution in [0.5, 0.6) is 0 Å². The lowest BCUT2D eigenvalue weighted by Gasteiger charge is -2.33. The molecule has 0 spiro atoms. The molecule has 7 heteroatoms. The van der Waals surface area contributed by atoms with Crippen molar-refractivity contribution in [1.82, 2.24) is 20.0 Å². The van der Waals surface area contributed by atoms with Crippen LogP contribution in [-0.4, -0.2) is 46.3 Å². The minimum atomic E-state index is -0.522. The molecule has 1 aromatic carbocycles. The SMILES string of the molecule is Cc1cc(=O)c(C(=O)NCCCCN2CCCCC2C)nn1-c1ccccc1F. The molecule has 1 saturated heterocycles. The van der Waals surface area contributed by atoms with Crippen molar-refractivity contribution in [3.05, 3.63) is 57.8 Å². The third-order valence-electron chi connectivity index (χ3n) is 5.50. The molecule has 0 bridgehead atoms. The molecule has 1 amide bonds. The fourth-order valence-corrected chi connectivity index (χ4v) is 3.79. The lowest BCUT2D eigenvalue weighted by Crippen LogP contribution is -2.38. The number of amides is 1. The molecule has 0 saturated carbocycles. The molecule has 156 valence electrons. The van der Waals surface area contributed by atoms with E-state index in [0.717, 1.165) is 25.9 Å².